The summed E-state index contributed by atoms with van der Waals surface area (Å²) in [6, 6.07) is 11.6. The van der Waals surface area contributed by atoms with Crippen LogP contribution in [0.3, 0.4) is 0 Å². The number of halogens is 1. The molecule has 0 aliphatic carbocycles. The Bertz CT molecular complexity index is 753. The normalized spacial score (nSPS) is 10.7. The van der Waals surface area contributed by atoms with E-state index in [1.54, 1.807) is 6.20 Å². The van der Waals surface area contributed by atoms with Crippen molar-refractivity contribution in [1.82, 2.24) is 10.1 Å². The largest absolute Gasteiger partial charge is 0.367 e. The molecule has 1 aromatic carbocycles. The summed E-state index contributed by atoms with van der Waals surface area (Å²) in [4.78, 5) is 4.32. The molecule has 0 aliphatic rings. The second kappa shape index (κ2) is 5.09. The van der Waals surface area contributed by atoms with Crippen molar-refractivity contribution in [2.45, 2.75) is 6.92 Å². The number of nitrogens with two attached hydrogens (primary N) is 1. The van der Waals surface area contributed by atoms with Gasteiger partial charge in [-0.15, -0.1) is 0 Å². The maximum Gasteiger partial charge on any atom is 0.232 e. The Kier molecular flexibility index (Phi) is 3.28. The first-order chi connectivity index (χ1) is 9.68. The van der Waals surface area contributed by atoms with Gasteiger partial charge in [0.1, 0.15) is 5.69 Å². The highest BCUT2D eigenvalue weighted by atomic mass is 79.9. The van der Waals surface area contributed by atoms with Crippen LogP contribution in [-0.2, 0) is 0 Å². The number of hydrogen-bond donors (Lipinski definition) is 1. The molecule has 0 amide bonds. The highest BCUT2D eigenvalue weighted by Gasteiger charge is 2.20. The number of aromatic nitrogens is 2. The molecule has 0 atom stereocenters. The Morgan fingerprint density at radius 2 is 2.00 bits per heavy atom. The van der Waals surface area contributed by atoms with Crippen LogP contribution >= 0.6 is 15.9 Å². The van der Waals surface area contributed by atoms with Crippen LogP contribution in [0.1, 0.15) is 5.56 Å². The maximum absolute atomic E-state index is 5.91. The van der Waals surface area contributed by atoms with Gasteiger partial charge in [0.25, 0.3) is 0 Å². The highest BCUT2D eigenvalue weighted by molar-refractivity contribution is 9.10. The zero-order valence-electron chi connectivity index (χ0n) is 10.8. The van der Waals surface area contributed by atoms with Gasteiger partial charge in [0.15, 0.2) is 0 Å². The van der Waals surface area contributed by atoms with E-state index in [0.717, 1.165) is 26.9 Å². The van der Waals surface area contributed by atoms with Gasteiger partial charge in [-0.1, -0.05) is 29.4 Å². The number of nitrogens with zero attached hydrogens (tertiary/aromatic N) is 2. The van der Waals surface area contributed by atoms with Crippen molar-refractivity contribution in [2.75, 3.05) is 5.73 Å². The third kappa shape index (κ3) is 2.10. The summed E-state index contributed by atoms with van der Waals surface area (Å²) in [7, 11) is 0. The first kappa shape index (κ1) is 12.9. The van der Waals surface area contributed by atoms with E-state index >= 15 is 0 Å². The van der Waals surface area contributed by atoms with E-state index in [2.05, 4.69) is 26.1 Å². The molecular weight excluding hydrogens is 318 g/mol. The summed E-state index contributed by atoms with van der Waals surface area (Å²) >= 11 is 3.59. The average molecular weight is 330 g/mol. The van der Waals surface area contributed by atoms with Crippen molar-refractivity contribution < 1.29 is 4.52 Å². The minimum atomic E-state index is 0.270. The van der Waals surface area contributed by atoms with Crippen LogP contribution in [0.2, 0.25) is 0 Å². The molecule has 20 heavy (non-hydrogen) atoms. The molecule has 5 heteroatoms. The summed E-state index contributed by atoms with van der Waals surface area (Å²) in [5.74, 6) is 0.270. The lowest BCUT2D eigenvalue weighted by Crippen LogP contribution is -1.91. The summed E-state index contributed by atoms with van der Waals surface area (Å²) in [5, 5.41) is 4.09. The topological polar surface area (TPSA) is 64.9 Å². The fraction of sp³-hybridized carbons (Fsp3) is 0.0667. The van der Waals surface area contributed by atoms with Crippen molar-refractivity contribution in [3.63, 3.8) is 0 Å². The van der Waals surface area contributed by atoms with Gasteiger partial charge in [-0.05, 0) is 40.5 Å². The molecule has 0 spiro atoms. The third-order valence-corrected chi connectivity index (χ3v) is 4.14. The van der Waals surface area contributed by atoms with Gasteiger partial charge in [0.05, 0.1) is 11.3 Å². The molecular formula is C15H12BrN3O. The Morgan fingerprint density at radius 1 is 1.15 bits per heavy atom. The number of anilines is 1. The second-order valence-electron chi connectivity index (χ2n) is 4.42. The van der Waals surface area contributed by atoms with Crippen molar-refractivity contribution in [2.24, 2.45) is 0 Å². The molecule has 0 unspecified atom stereocenters. The van der Waals surface area contributed by atoms with Gasteiger partial charge < -0.3 is 10.3 Å². The predicted molar refractivity (Wildman–Crippen MR) is 82.0 cm³/mol. The SMILES string of the molecule is Cc1cccc(-c2noc(N)c2-c2ccccn2)c1Br. The summed E-state index contributed by atoms with van der Waals surface area (Å²) in [6.07, 6.45) is 1.72. The summed E-state index contributed by atoms with van der Waals surface area (Å²) in [6.45, 7) is 2.03. The van der Waals surface area contributed by atoms with E-state index in [-0.39, 0.29) is 5.88 Å². The molecule has 0 saturated heterocycles. The zero-order valence-corrected chi connectivity index (χ0v) is 12.4. The number of nitrogen functional groups attached to an aromatic ring is 1. The number of rotatable bonds is 2. The van der Waals surface area contributed by atoms with Crippen LogP contribution in [0.4, 0.5) is 5.88 Å². The fourth-order valence-corrected chi connectivity index (χ4v) is 2.53. The van der Waals surface area contributed by atoms with Crippen LogP contribution in [0.15, 0.2) is 51.6 Å². The first-order valence-electron chi connectivity index (χ1n) is 6.10. The highest BCUT2D eigenvalue weighted by Crippen LogP contribution is 2.38. The van der Waals surface area contributed by atoms with Crippen molar-refractivity contribution in [3.05, 3.63) is 52.6 Å². The zero-order chi connectivity index (χ0) is 14.1. The monoisotopic (exact) mass is 329 g/mol. The van der Waals surface area contributed by atoms with E-state index in [1.165, 1.54) is 0 Å². The standard InChI is InChI=1S/C15H12BrN3O/c1-9-5-4-6-10(13(9)16)14-12(15(17)20-19-14)11-7-2-3-8-18-11/h2-8H,17H2,1H3. The predicted octanol–water partition coefficient (Wildman–Crippen LogP) is 4.06. The van der Waals surface area contributed by atoms with Crippen molar-refractivity contribution >= 4 is 21.8 Å². The molecule has 2 N–H and O–H groups in total. The first-order valence-corrected chi connectivity index (χ1v) is 6.90. The fourth-order valence-electron chi connectivity index (χ4n) is 2.08. The quantitative estimate of drug-likeness (QED) is 0.770. The van der Waals surface area contributed by atoms with E-state index in [0.29, 0.717) is 5.69 Å². The minimum absolute atomic E-state index is 0.270. The molecule has 2 aromatic heterocycles. The Balaban J connectivity index is 2.24. The van der Waals surface area contributed by atoms with Crippen LogP contribution in [-0.4, -0.2) is 10.1 Å². The smallest absolute Gasteiger partial charge is 0.232 e. The molecule has 3 aromatic rings. The van der Waals surface area contributed by atoms with Gasteiger partial charge in [-0.25, -0.2) is 0 Å². The average Bonchev–Trinajstić information content (AvgIpc) is 2.84. The second-order valence-corrected chi connectivity index (χ2v) is 5.21. The lowest BCUT2D eigenvalue weighted by atomic mass is 10.0. The molecule has 2 heterocycles. The van der Waals surface area contributed by atoms with E-state index in [1.807, 2.05) is 43.3 Å². The molecule has 0 saturated carbocycles. The lowest BCUT2D eigenvalue weighted by molar-refractivity contribution is 0.439. The molecule has 3 rings (SSSR count). The Hall–Kier alpha value is -2.14. The molecule has 4 nitrogen and oxygen atoms in total. The van der Waals surface area contributed by atoms with Crippen molar-refractivity contribution in [1.29, 1.82) is 0 Å². The van der Waals surface area contributed by atoms with Crippen LogP contribution < -0.4 is 5.73 Å². The van der Waals surface area contributed by atoms with Gasteiger partial charge in [0.2, 0.25) is 5.88 Å². The number of aryl methyl sites for hydroxylation is 1. The third-order valence-electron chi connectivity index (χ3n) is 3.09. The molecule has 0 fully saturated rings. The van der Waals surface area contributed by atoms with Gasteiger partial charge in [0, 0.05) is 16.2 Å². The Morgan fingerprint density at radius 3 is 2.75 bits per heavy atom. The van der Waals surface area contributed by atoms with Crippen LogP contribution in [0, 0.1) is 6.92 Å². The summed E-state index contributed by atoms with van der Waals surface area (Å²) < 4.78 is 6.14. The summed E-state index contributed by atoms with van der Waals surface area (Å²) in [5.41, 5.74) is 10.1. The lowest BCUT2D eigenvalue weighted by Gasteiger charge is -2.06. The molecule has 0 radical (unpaired) electrons. The Labute approximate surface area is 124 Å². The number of benzene rings is 1. The van der Waals surface area contributed by atoms with Gasteiger partial charge in [-0.2, -0.15) is 0 Å². The molecule has 100 valence electrons. The van der Waals surface area contributed by atoms with Gasteiger partial charge >= 0.3 is 0 Å². The van der Waals surface area contributed by atoms with Crippen LogP contribution in [0.25, 0.3) is 22.5 Å². The maximum atomic E-state index is 5.91. The van der Waals surface area contributed by atoms with Crippen LogP contribution in [0.5, 0.6) is 0 Å². The molecule has 0 bridgehead atoms. The van der Waals surface area contributed by atoms with E-state index < -0.39 is 0 Å². The van der Waals surface area contributed by atoms with Crippen molar-refractivity contribution in [3.8, 4) is 22.5 Å². The van der Waals surface area contributed by atoms with E-state index in [4.69, 9.17) is 10.3 Å². The number of hydrogen-bond acceptors (Lipinski definition) is 4. The molecule has 0 aliphatic heterocycles. The minimum Gasteiger partial charge on any atom is -0.367 e. The number of pyridine rings is 1. The van der Waals surface area contributed by atoms with Gasteiger partial charge in [-0.3, -0.25) is 4.98 Å². The van der Waals surface area contributed by atoms with E-state index in [9.17, 15) is 0 Å².